The third-order valence-corrected chi connectivity index (χ3v) is 4.62. The molecule has 2 heterocycles. The number of thioether (sulfide) groups is 1. The molecule has 1 aromatic rings. The van der Waals surface area contributed by atoms with E-state index in [9.17, 15) is 9.59 Å². The molecule has 124 valence electrons. The average molecular weight is 334 g/mol. The zero-order chi connectivity index (χ0) is 16.7. The number of aromatic nitrogens is 1. The predicted octanol–water partition coefficient (Wildman–Crippen LogP) is 2.33. The Labute approximate surface area is 140 Å². The van der Waals surface area contributed by atoms with Gasteiger partial charge in [-0.15, -0.1) is 0 Å². The van der Waals surface area contributed by atoms with Crippen LogP contribution in [-0.2, 0) is 20.7 Å². The standard InChI is InChI=1S/C17H22N2O3S/c1-3-16(23-12(2)20)22-17(21)14-9-15(19-11-14)7-6-13-5-4-8-18-10-13/h3-5,8,10,14-16,19H,1,6-7,9,11H2,2H3/t14-,15+,16?/m0/s1. The number of esters is 1. The summed E-state index contributed by atoms with van der Waals surface area (Å²) < 4.78 is 5.34. The van der Waals surface area contributed by atoms with Crippen molar-refractivity contribution in [3.63, 3.8) is 0 Å². The highest BCUT2D eigenvalue weighted by Crippen LogP contribution is 2.22. The van der Waals surface area contributed by atoms with E-state index < -0.39 is 5.44 Å². The lowest BCUT2D eigenvalue weighted by Gasteiger charge is -2.15. The lowest BCUT2D eigenvalue weighted by molar-refractivity contribution is -0.147. The van der Waals surface area contributed by atoms with Gasteiger partial charge in [-0.1, -0.05) is 12.6 Å². The summed E-state index contributed by atoms with van der Waals surface area (Å²) in [4.78, 5) is 27.4. The number of hydrogen-bond donors (Lipinski definition) is 1. The Balaban J connectivity index is 1.76. The van der Waals surface area contributed by atoms with Gasteiger partial charge in [-0.05, 0) is 48.7 Å². The van der Waals surface area contributed by atoms with Crippen molar-refractivity contribution in [2.24, 2.45) is 5.92 Å². The largest absolute Gasteiger partial charge is 0.446 e. The second-order valence-corrected chi connectivity index (χ2v) is 6.86. The van der Waals surface area contributed by atoms with E-state index in [1.807, 2.05) is 12.3 Å². The number of rotatable bonds is 7. The number of nitrogens with zero attached hydrogens (tertiary/aromatic N) is 1. The zero-order valence-electron chi connectivity index (χ0n) is 13.2. The topological polar surface area (TPSA) is 68.3 Å². The normalized spacial score (nSPS) is 21.6. The molecule has 1 aliphatic rings. The van der Waals surface area contributed by atoms with Gasteiger partial charge in [0, 0.05) is 31.9 Å². The van der Waals surface area contributed by atoms with E-state index in [1.165, 1.54) is 18.6 Å². The summed E-state index contributed by atoms with van der Waals surface area (Å²) in [7, 11) is 0. The number of carbonyl (C=O) groups excluding carboxylic acids is 2. The molecule has 1 unspecified atom stereocenters. The van der Waals surface area contributed by atoms with Gasteiger partial charge < -0.3 is 10.1 Å². The van der Waals surface area contributed by atoms with Gasteiger partial charge in [-0.2, -0.15) is 0 Å². The summed E-state index contributed by atoms with van der Waals surface area (Å²) >= 11 is 0.968. The van der Waals surface area contributed by atoms with Gasteiger partial charge in [-0.3, -0.25) is 14.6 Å². The Morgan fingerprint density at radius 3 is 3.09 bits per heavy atom. The fraction of sp³-hybridized carbons (Fsp3) is 0.471. The van der Waals surface area contributed by atoms with Gasteiger partial charge in [0.05, 0.1) is 5.92 Å². The predicted molar refractivity (Wildman–Crippen MR) is 90.8 cm³/mol. The van der Waals surface area contributed by atoms with Crippen molar-refractivity contribution in [2.45, 2.75) is 37.7 Å². The SMILES string of the molecule is C=CC(OC(=O)[C@@H]1CN[C@H](CCc2cccnc2)C1)SC(C)=O. The third kappa shape index (κ3) is 5.80. The first kappa shape index (κ1) is 17.7. The van der Waals surface area contributed by atoms with Gasteiger partial charge in [0.2, 0.25) is 0 Å². The molecule has 0 aromatic carbocycles. The van der Waals surface area contributed by atoms with Crippen LogP contribution in [0.5, 0.6) is 0 Å². The van der Waals surface area contributed by atoms with Crippen LogP contribution < -0.4 is 5.32 Å². The van der Waals surface area contributed by atoms with Crippen LogP contribution in [0.2, 0.25) is 0 Å². The Kier molecular flexibility index (Phi) is 6.80. The average Bonchev–Trinajstić information content (AvgIpc) is 3.02. The quantitative estimate of drug-likeness (QED) is 0.469. The smallest absolute Gasteiger partial charge is 0.311 e. The molecule has 5 nitrogen and oxygen atoms in total. The molecule has 2 rings (SSSR count). The van der Waals surface area contributed by atoms with Crippen molar-refractivity contribution in [2.75, 3.05) is 6.54 Å². The van der Waals surface area contributed by atoms with Crippen LogP contribution in [0.1, 0.15) is 25.3 Å². The highest BCUT2D eigenvalue weighted by molar-refractivity contribution is 8.14. The van der Waals surface area contributed by atoms with E-state index in [0.717, 1.165) is 31.0 Å². The number of ether oxygens (including phenoxy) is 1. The molecule has 6 heteroatoms. The van der Waals surface area contributed by atoms with Gasteiger partial charge in [0.15, 0.2) is 10.6 Å². The summed E-state index contributed by atoms with van der Waals surface area (Å²) in [5, 5.41) is 3.27. The minimum Gasteiger partial charge on any atom is -0.446 e. The Hall–Kier alpha value is -1.66. The molecule has 0 aliphatic carbocycles. The summed E-state index contributed by atoms with van der Waals surface area (Å²) in [6, 6.07) is 4.29. The maximum atomic E-state index is 12.2. The molecule has 1 aromatic heterocycles. The number of pyridine rings is 1. The maximum Gasteiger partial charge on any atom is 0.311 e. The summed E-state index contributed by atoms with van der Waals surface area (Å²) in [5.74, 6) is -0.427. The van der Waals surface area contributed by atoms with Crippen LogP contribution in [0.25, 0.3) is 0 Å². The van der Waals surface area contributed by atoms with Crippen molar-refractivity contribution < 1.29 is 14.3 Å². The molecule has 1 saturated heterocycles. The third-order valence-electron chi connectivity index (χ3n) is 3.77. The van der Waals surface area contributed by atoms with E-state index in [0.29, 0.717) is 12.6 Å². The van der Waals surface area contributed by atoms with Crippen LogP contribution in [-0.4, -0.2) is 34.1 Å². The van der Waals surface area contributed by atoms with Crippen molar-refractivity contribution >= 4 is 22.8 Å². The van der Waals surface area contributed by atoms with E-state index in [1.54, 1.807) is 6.20 Å². The molecular weight excluding hydrogens is 312 g/mol. The summed E-state index contributed by atoms with van der Waals surface area (Å²) in [5.41, 5.74) is 0.597. The molecule has 0 amide bonds. The van der Waals surface area contributed by atoms with E-state index in [-0.39, 0.29) is 17.0 Å². The Morgan fingerprint density at radius 1 is 1.61 bits per heavy atom. The minimum absolute atomic E-state index is 0.0957. The van der Waals surface area contributed by atoms with Crippen LogP contribution in [0.4, 0.5) is 0 Å². The first-order valence-electron chi connectivity index (χ1n) is 7.71. The second-order valence-electron chi connectivity index (χ2n) is 5.59. The number of nitrogens with one attached hydrogen (secondary N) is 1. The molecular formula is C17H22N2O3S. The second kappa shape index (κ2) is 8.84. The van der Waals surface area contributed by atoms with Crippen molar-refractivity contribution in [3.05, 3.63) is 42.7 Å². The van der Waals surface area contributed by atoms with Crippen LogP contribution in [0.3, 0.4) is 0 Å². The number of aryl methyl sites for hydroxylation is 1. The van der Waals surface area contributed by atoms with E-state index in [4.69, 9.17) is 4.74 Å². The first-order valence-corrected chi connectivity index (χ1v) is 8.59. The molecule has 0 spiro atoms. The zero-order valence-corrected chi connectivity index (χ0v) is 14.1. The van der Waals surface area contributed by atoms with Gasteiger partial charge in [-0.25, -0.2) is 0 Å². The highest BCUT2D eigenvalue weighted by atomic mass is 32.2. The van der Waals surface area contributed by atoms with Crippen molar-refractivity contribution in [1.29, 1.82) is 0 Å². The number of hydrogen-bond acceptors (Lipinski definition) is 6. The lowest BCUT2D eigenvalue weighted by atomic mass is 10.0. The Bertz CT molecular complexity index is 550. The fourth-order valence-electron chi connectivity index (χ4n) is 2.60. The van der Waals surface area contributed by atoms with E-state index >= 15 is 0 Å². The lowest BCUT2D eigenvalue weighted by Crippen LogP contribution is -2.24. The molecule has 23 heavy (non-hydrogen) atoms. The van der Waals surface area contributed by atoms with Gasteiger partial charge in [0.25, 0.3) is 0 Å². The molecule has 0 radical (unpaired) electrons. The van der Waals surface area contributed by atoms with Gasteiger partial charge in [0.1, 0.15) is 0 Å². The Morgan fingerprint density at radius 2 is 2.43 bits per heavy atom. The first-order chi connectivity index (χ1) is 11.1. The monoisotopic (exact) mass is 334 g/mol. The van der Waals surface area contributed by atoms with E-state index in [2.05, 4.69) is 22.9 Å². The summed E-state index contributed by atoms with van der Waals surface area (Å²) in [6.45, 7) is 5.66. The molecule has 3 atom stereocenters. The molecule has 1 fully saturated rings. The van der Waals surface area contributed by atoms with Crippen LogP contribution in [0.15, 0.2) is 37.2 Å². The maximum absolute atomic E-state index is 12.2. The molecule has 1 aliphatic heterocycles. The minimum atomic E-state index is -0.602. The van der Waals surface area contributed by atoms with Crippen LogP contribution >= 0.6 is 11.8 Å². The van der Waals surface area contributed by atoms with Crippen molar-refractivity contribution in [3.8, 4) is 0 Å². The molecule has 1 N–H and O–H groups in total. The fourth-order valence-corrected chi connectivity index (χ4v) is 3.17. The number of carbonyl (C=O) groups is 2. The van der Waals surface area contributed by atoms with Crippen LogP contribution in [0, 0.1) is 5.92 Å². The highest BCUT2D eigenvalue weighted by Gasteiger charge is 2.31. The van der Waals surface area contributed by atoms with Crippen molar-refractivity contribution in [1.82, 2.24) is 10.3 Å². The molecule has 0 bridgehead atoms. The summed E-state index contributed by atoms with van der Waals surface area (Å²) in [6.07, 6.45) is 7.76. The molecule has 0 saturated carbocycles. The van der Waals surface area contributed by atoms with Gasteiger partial charge >= 0.3 is 5.97 Å².